The van der Waals surface area contributed by atoms with Crippen LogP contribution in [0.4, 0.5) is 5.69 Å². The van der Waals surface area contributed by atoms with E-state index in [2.05, 4.69) is 9.71 Å². The number of imidazole rings is 1. The summed E-state index contributed by atoms with van der Waals surface area (Å²) in [6.07, 6.45) is 1.90. The number of ether oxygens (including phenoxy) is 1. The van der Waals surface area contributed by atoms with Crippen molar-refractivity contribution in [2.24, 2.45) is 13.0 Å². The number of benzene rings is 2. The van der Waals surface area contributed by atoms with Crippen LogP contribution in [0.25, 0.3) is 0 Å². The third-order valence-electron chi connectivity index (χ3n) is 7.08. The maximum Gasteiger partial charge on any atom is 0.280 e. The molecular formula is C27H34ClN5O7S2. The van der Waals surface area contributed by atoms with Gasteiger partial charge in [-0.05, 0) is 49.4 Å². The van der Waals surface area contributed by atoms with Crippen molar-refractivity contribution in [2.75, 3.05) is 31.5 Å². The van der Waals surface area contributed by atoms with Crippen molar-refractivity contribution >= 4 is 43.2 Å². The highest BCUT2D eigenvalue weighted by molar-refractivity contribution is 7.92. The molecule has 0 radical (unpaired) electrons. The molecule has 2 N–H and O–H groups in total. The van der Waals surface area contributed by atoms with Gasteiger partial charge in [-0.25, -0.2) is 13.4 Å². The summed E-state index contributed by atoms with van der Waals surface area (Å²) in [5, 5.41) is 10.1. The summed E-state index contributed by atoms with van der Waals surface area (Å²) in [6, 6.07) is 9.90. The number of hydrogen-bond acceptors (Lipinski definition) is 8. The number of amides is 1. The molecule has 228 valence electrons. The van der Waals surface area contributed by atoms with Crippen molar-refractivity contribution < 1.29 is 31.5 Å². The van der Waals surface area contributed by atoms with Gasteiger partial charge in [-0.15, -0.1) is 0 Å². The van der Waals surface area contributed by atoms with Gasteiger partial charge in [0.05, 0.1) is 36.8 Å². The fraction of sp³-hybridized carbons (Fsp3) is 0.407. The lowest BCUT2D eigenvalue weighted by Gasteiger charge is -2.33. The minimum absolute atomic E-state index is 0.0465. The Hall–Kier alpha value is -3.17. The molecule has 0 aliphatic carbocycles. The number of fused-ring (bicyclic) bond motifs is 1. The summed E-state index contributed by atoms with van der Waals surface area (Å²) in [4.78, 5) is 18.9. The van der Waals surface area contributed by atoms with E-state index in [1.807, 2.05) is 6.92 Å². The van der Waals surface area contributed by atoms with E-state index in [-0.39, 0.29) is 53.6 Å². The standard InChI is InChI=1S/C27H34ClN5O7S2/c1-18-13-33(19(2)16-34)27(35)12-20-11-22(30-41(36,37)26-15-31(3)17-29-26)7-10-24(20)40-25(18)14-32(4)42(38,39)23-8-5-21(28)6-9-23/h5-11,15,17-19,25,30,34H,12-14,16H2,1-4H3/t18-,19-,25+/m1/s1. The second-order valence-electron chi connectivity index (χ2n) is 10.4. The van der Waals surface area contributed by atoms with Crippen molar-refractivity contribution in [2.45, 2.75) is 42.3 Å². The number of aliphatic hydroxyl groups is 1. The molecule has 1 aliphatic rings. The summed E-state index contributed by atoms with van der Waals surface area (Å²) in [5.74, 6) is -0.323. The summed E-state index contributed by atoms with van der Waals surface area (Å²) in [7, 11) is -4.79. The molecule has 3 atom stereocenters. The average Bonchev–Trinajstić information content (AvgIpc) is 3.40. The first-order chi connectivity index (χ1) is 19.7. The van der Waals surface area contributed by atoms with E-state index in [0.29, 0.717) is 16.3 Å². The molecule has 0 saturated carbocycles. The number of aromatic nitrogens is 2. The number of aliphatic hydroxyl groups excluding tert-OH is 1. The zero-order chi connectivity index (χ0) is 30.8. The quantitative estimate of drug-likeness (QED) is 0.362. The van der Waals surface area contributed by atoms with Crippen LogP contribution in [-0.4, -0.2) is 85.5 Å². The number of nitrogens with one attached hydrogen (secondary N) is 1. The molecule has 0 spiro atoms. The SMILES string of the molecule is C[C@@H]1CN([C@H](C)CO)C(=O)Cc2cc(NS(=O)(=O)c3cn(C)cn3)ccc2O[C@H]1CN(C)S(=O)(=O)c1ccc(Cl)cc1. The molecule has 0 saturated heterocycles. The first-order valence-corrected chi connectivity index (χ1v) is 16.4. The number of nitrogens with zero attached hydrogens (tertiary/aromatic N) is 4. The Labute approximate surface area is 251 Å². The molecule has 0 unspecified atom stereocenters. The van der Waals surface area contributed by atoms with E-state index < -0.39 is 32.2 Å². The number of aryl methyl sites for hydroxylation is 1. The number of hydrogen-bond donors (Lipinski definition) is 2. The van der Waals surface area contributed by atoms with Crippen LogP contribution in [0.1, 0.15) is 19.4 Å². The van der Waals surface area contributed by atoms with Gasteiger partial charge in [0, 0.05) is 49.0 Å². The summed E-state index contributed by atoms with van der Waals surface area (Å²) >= 11 is 5.93. The molecule has 12 nitrogen and oxygen atoms in total. The largest absolute Gasteiger partial charge is 0.488 e. The van der Waals surface area contributed by atoms with Crippen LogP contribution in [0.5, 0.6) is 5.75 Å². The smallest absolute Gasteiger partial charge is 0.280 e. The number of anilines is 1. The molecule has 0 fully saturated rings. The van der Waals surface area contributed by atoms with Crippen molar-refractivity contribution in [3.63, 3.8) is 0 Å². The fourth-order valence-electron chi connectivity index (χ4n) is 4.58. The normalized spacial score (nSPS) is 18.9. The van der Waals surface area contributed by atoms with Gasteiger partial charge in [-0.3, -0.25) is 9.52 Å². The summed E-state index contributed by atoms with van der Waals surface area (Å²) < 4.78 is 63.9. The molecular weight excluding hydrogens is 606 g/mol. The lowest BCUT2D eigenvalue weighted by Crippen LogP contribution is -2.48. The van der Waals surface area contributed by atoms with Crippen molar-refractivity contribution in [1.29, 1.82) is 0 Å². The van der Waals surface area contributed by atoms with Crippen molar-refractivity contribution in [1.82, 2.24) is 18.8 Å². The molecule has 1 aliphatic heterocycles. The first-order valence-electron chi connectivity index (χ1n) is 13.1. The molecule has 42 heavy (non-hydrogen) atoms. The Morgan fingerprint density at radius 2 is 1.88 bits per heavy atom. The fourth-order valence-corrected chi connectivity index (χ4v) is 6.93. The van der Waals surface area contributed by atoms with E-state index >= 15 is 0 Å². The van der Waals surface area contributed by atoms with Gasteiger partial charge in [0.2, 0.25) is 15.9 Å². The van der Waals surface area contributed by atoms with E-state index in [1.165, 1.54) is 69.7 Å². The Kier molecular flexibility index (Phi) is 9.52. The van der Waals surface area contributed by atoms with E-state index in [4.69, 9.17) is 16.3 Å². The third kappa shape index (κ3) is 7.06. The summed E-state index contributed by atoms with van der Waals surface area (Å²) in [6.45, 7) is 3.44. The van der Waals surface area contributed by atoms with E-state index in [1.54, 1.807) is 20.0 Å². The topological polar surface area (TPSA) is 151 Å². The number of carbonyl (C=O) groups excluding carboxylic acids is 1. The molecule has 3 aromatic rings. The monoisotopic (exact) mass is 639 g/mol. The van der Waals surface area contributed by atoms with Crippen molar-refractivity contribution in [3.8, 4) is 5.75 Å². The van der Waals surface area contributed by atoms with Crippen LogP contribution < -0.4 is 9.46 Å². The number of sulfonamides is 2. The minimum Gasteiger partial charge on any atom is -0.488 e. The maximum absolute atomic E-state index is 13.4. The highest BCUT2D eigenvalue weighted by Gasteiger charge is 2.33. The van der Waals surface area contributed by atoms with E-state index in [0.717, 1.165) is 0 Å². The van der Waals surface area contributed by atoms with Gasteiger partial charge in [-0.2, -0.15) is 12.7 Å². The zero-order valence-electron chi connectivity index (χ0n) is 23.6. The predicted molar refractivity (Wildman–Crippen MR) is 157 cm³/mol. The van der Waals surface area contributed by atoms with Gasteiger partial charge in [0.15, 0.2) is 5.03 Å². The molecule has 1 amide bonds. The minimum atomic E-state index is -4.00. The molecule has 15 heteroatoms. The van der Waals surface area contributed by atoms with Gasteiger partial charge < -0.3 is 19.3 Å². The zero-order valence-corrected chi connectivity index (χ0v) is 26.0. The second-order valence-corrected chi connectivity index (χ2v) is 14.5. The van der Waals surface area contributed by atoms with Crippen LogP contribution in [0, 0.1) is 5.92 Å². The second kappa shape index (κ2) is 12.6. The number of carbonyl (C=O) groups is 1. The Morgan fingerprint density at radius 1 is 1.19 bits per heavy atom. The van der Waals surface area contributed by atoms with Crippen LogP contribution in [0.15, 0.2) is 64.9 Å². The molecule has 2 aromatic carbocycles. The van der Waals surface area contributed by atoms with Gasteiger partial charge in [-0.1, -0.05) is 18.5 Å². The van der Waals surface area contributed by atoms with Crippen LogP contribution in [-0.2, 0) is 38.3 Å². The van der Waals surface area contributed by atoms with Gasteiger partial charge in [0.25, 0.3) is 10.0 Å². The van der Waals surface area contributed by atoms with Gasteiger partial charge in [0.1, 0.15) is 11.9 Å². The summed E-state index contributed by atoms with van der Waals surface area (Å²) in [5.41, 5.74) is 0.600. The molecule has 4 rings (SSSR count). The van der Waals surface area contributed by atoms with Crippen LogP contribution >= 0.6 is 11.6 Å². The Bertz CT molecular complexity index is 1650. The van der Waals surface area contributed by atoms with E-state index in [9.17, 15) is 26.7 Å². The van der Waals surface area contributed by atoms with Crippen LogP contribution in [0.3, 0.4) is 0 Å². The third-order valence-corrected chi connectivity index (χ3v) is 10.4. The average molecular weight is 640 g/mol. The predicted octanol–water partition coefficient (Wildman–Crippen LogP) is 2.34. The molecule has 1 aromatic heterocycles. The Morgan fingerprint density at radius 3 is 2.50 bits per heavy atom. The van der Waals surface area contributed by atoms with Crippen LogP contribution in [0.2, 0.25) is 5.02 Å². The van der Waals surface area contributed by atoms with Crippen molar-refractivity contribution in [3.05, 3.63) is 65.6 Å². The van der Waals surface area contributed by atoms with Gasteiger partial charge >= 0.3 is 0 Å². The molecule has 0 bridgehead atoms. The number of rotatable bonds is 9. The lowest BCUT2D eigenvalue weighted by molar-refractivity contribution is -0.134. The highest BCUT2D eigenvalue weighted by Crippen LogP contribution is 2.30. The number of likely N-dealkylation sites (N-methyl/N-ethyl adjacent to an activating group) is 1. The lowest BCUT2D eigenvalue weighted by atomic mass is 10.0. The Balaban J connectivity index is 1.68. The highest BCUT2D eigenvalue weighted by atomic mass is 35.5. The molecule has 2 heterocycles. The maximum atomic E-state index is 13.4. The number of halogens is 1. The first kappa shape index (κ1) is 31.8.